The van der Waals surface area contributed by atoms with Gasteiger partial charge >= 0.3 is 5.97 Å². The first-order valence-corrected chi connectivity index (χ1v) is 5.32. The zero-order chi connectivity index (χ0) is 12.0. The monoisotopic (exact) mass is 222 g/mol. The second-order valence-electron chi connectivity index (χ2n) is 3.79. The summed E-state index contributed by atoms with van der Waals surface area (Å²) in [5, 5.41) is 0. The topological polar surface area (TPSA) is 42.4 Å². The number of nitrogens with zero attached hydrogens (tertiary/aromatic N) is 2. The van der Waals surface area contributed by atoms with Gasteiger partial charge in [-0.2, -0.15) is 0 Å². The van der Waals surface area contributed by atoms with E-state index in [1.165, 1.54) is 12.7 Å². The van der Waals surface area contributed by atoms with Crippen LogP contribution in [0.3, 0.4) is 0 Å². The first-order chi connectivity index (χ1) is 7.65. The van der Waals surface area contributed by atoms with Gasteiger partial charge in [0.25, 0.3) is 0 Å². The molecule has 1 aromatic rings. The van der Waals surface area contributed by atoms with Crippen molar-refractivity contribution in [2.75, 3.05) is 20.7 Å². The van der Waals surface area contributed by atoms with Gasteiger partial charge in [-0.05, 0) is 38.1 Å². The highest BCUT2D eigenvalue weighted by atomic mass is 16.5. The van der Waals surface area contributed by atoms with E-state index in [1.54, 1.807) is 12.4 Å². The average Bonchev–Trinajstić information content (AvgIpc) is 2.35. The third-order valence-electron chi connectivity index (χ3n) is 2.71. The fourth-order valence-electron chi connectivity index (χ4n) is 1.40. The summed E-state index contributed by atoms with van der Waals surface area (Å²) in [7, 11) is 3.33. The highest BCUT2D eigenvalue weighted by Gasteiger charge is 2.17. The second-order valence-corrected chi connectivity index (χ2v) is 3.79. The fraction of sp³-hybridized carbons (Fsp3) is 0.500. The van der Waals surface area contributed by atoms with Crippen LogP contribution >= 0.6 is 0 Å². The molecule has 1 heterocycles. The van der Waals surface area contributed by atoms with E-state index in [2.05, 4.69) is 4.98 Å². The van der Waals surface area contributed by atoms with Gasteiger partial charge in [0.15, 0.2) is 0 Å². The molecule has 0 aliphatic heterocycles. The molecule has 0 amide bonds. The Kier molecular flexibility index (Phi) is 4.92. The Morgan fingerprint density at radius 1 is 1.50 bits per heavy atom. The largest absolute Gasteiger partial charge is 0.468 e. The molecule has 0 spiro atoms. The minimum absolute atomic E-state index is 0.197. The molecule has 88 valence electrons. The summed E-state index contributed by atoms with van der Waals surface area (Å²) in [6.07, 6.45) is 4.46. The number of hydrogen-bond donors (Lipinski definition) is 0. The molecule has 16 heavy (non-hydrogen) atoms. The summed E-state index contributed by atoms with van der Waals surface area (Å²) in [5.74, 6) is -0.197. The number of ether oxygens (including phenoxy) is 1. The maximum atomic E-state index is 11.3. The smallest absolute Gasteiger partial charge is 0.322 e. The molecule has 1 unspecified atom stereocenters. The van der Waals surface area contributed by atoms with Crippen molar-refractivity contribution in [2.24, 2.45) is 0 Å². The number of aromatic nitrogens is 1. The highest BCUT2D eigenvalue weighted by Crippen LogP contribution is 2.02. The Hall–Kier alpha value is -1.42. The standard InChI is InChI=1S/C12H18N2O2/c1-10(12(15)16-3)14(2)9-6-11-4-7-13-8-5-11/h4-5,7-8,10H,6,9H2,1-3H3. The summed E-state index contributed by atoms with van der Waals surface area (Å²) in [5.41, 5.74) is 1.22. The molecule has 0 fully saturated rings. The zero-order valence-electron chi connectivity index (χ0n) is 10.0. The van der Waals surface area contributed by atoms with Gasteiger partial charge < -0.3 is 4.74 Å². The second kappa shape index (κ2) is 6.23. The van der Waals surface area contributed by atoms with Gasteiger partial charge in [0, 0.05) is 18.9 Å². The third kappa shape index (κ3) is 3.62. The summed E-state index contributed by atoms with van der Waals surface area (Å²) in [6, 6.07) is 3.76. The van der Waals surface area contributed by atoms with Gasteiger partial charge in [0.1, 0.15) is 6.04 Å². The van der Waals surface area contributed by atoms with Gasteiger partial charge in [0.2, 0.25) is 0 Å². The van der Waals surface area contributed by atoms with E-state index < -0.39 is 0 Å². The lowest BCUT2D eigenvalue weighted by Crippen LogP contribution is -2.37. The van der Waals surface area contributed by atoms with Crippen LogP contribution in [0.25, 0.3) is 0 Å². The van der Waals surface area contributed by atoms with Crippen LogP contribution in [0.1, 0.15) is 12.5 Å². The van der Waals surface area contributed by atoms with Gasteiger partial charge in [-0.15, -0.1) is 0 Å². The molecule has 0 saturated carbocycles. The number of esters is 1. The summed E-state index contributed by atoms with van der Waals surface area (Å²) in [6.45, 7) is 2.67. The van der Waals surface area contributed by atoms with Crippen LogP contribution in [0.5, 0.6) is 0 Å². The number of methoxy groups -OCH3 is 1. The lowest BCUT2D eigenvalue weighted by atomic mass is 10.2. The van der Waals surface area contributed by atoms with E-state index in [1.807, 2.05) is 31.0 Å². The molecular weight excluding hydrogens is 204 g/mol. The van der Waals surface area contributed by atoms with Gasteiger partial charge in [-0.1, -0.05) is 0 Å². The first kappa shape index (κ1) is 12.6. The molecule has 0 aliphatic rings. The molecule has 0 radical (unpaired) electrons. The molecule has 1 rings (SSSR count). The molecule has 0 N–H and O–H groups in total. The number of carbonyl (C=O) groups excluding carboxylic acids is 1. The van der Waals surface area contributed by atoms with Crippen LogP contribution in [0.15, 0.2) is 24.5 Å². The fourth-order valence-corrected chi connectivity index (χ4v) is 1.40. The summed E-state index contributed by atoms with van der Waals surface area (Å²) in [4.78, 5) is 17.2. The molecule has 1 aromatic heterocycles. The van der Waals surface area contributed by atoms with Crippen molar-refractivity contribution in [1.82, 2.24) is 9.88 Å². The maximum Gasteiger partial charge on any atom is 0.322 e. The van der Waals surface area contributed by atoms with E-state index in [-0.39, 0.29) is 12.0 Å². The van der Waals surface area contributed by atoms with Crippen molar-refractivity contribution >= 4 is 5.97 Å². The zero-order valence-corrected chi connectivity index (χ0v) is 10.0. The van der Waals surface area contributed by atoms with Crippen molar-refractivity contribution in [2.45, 2.75) is 19.4 Å². The number of rotatable bonds is 5. The minimum atomic E-state index is -0.202. The molecule has 0 saturated heterocycles. The van der Waals surface area contributed by atoms with Crippen molar-refractivity contribution in [3.8, 4) is 0 Å². The van der Waals surface area contributed by atoms with Crippen molar-refractivity contribution in [1.29, 1.82) is 0 Å². The van der Waals surface area contributed by atoms with E-state index in [0.29, 0.717) is 0 Å². The van der Waals surface area contributed by atoms with E-state index >= 15 is 0 Å². The normalized spacial score (nSPS) is 12.5. The van der Waals surface area contributed by atoms with Gasteiger partial charge in [0.05, 0.1) is 7.11 Å². The van der Waals surface area contributed by atoms with E-state index in [9.17, 15) is 4.79 Å². The van der Waals surface area contributed by atoms with E-state index in [0.717, 1.165) is 13.0 Å². The van der Waals surface area contributed by atoms with Crippen LogP contribution < -0.4 is 0 Å². The number of pyridine rings is 1. The Balaban J connectivity index is 2.41. The minimum Gasteiger partial charge on any atom is -0.468 e. The highest BCUT2D eigenvalue weighted by molar-refractivity contribution is 5.75. The quantitative estimate of drug-likeness (QED) is 0.700. The average molecular weight is 222 g/mol. The summed E-state index contributed by atoms with van der Waals surface area (Å²) < 4.78 is 4.69. The van der Waals surface area contributed by atoms with Gasteiger partial charge in [-0.3, -0.25) is 14.7 Å². The molecule has 0 aromatic carbocycles. The molecule has 4 nitrogen and oxygen atoms in total. The molecule has 1 atom stereocenters. The predicted octanol–water partition coefficient (Wildman–Crippen LogP) is 1.12. The first-order valence-electron chi connectivity index (χ1n) is 5.32. The Bertz CT molecular complexity index is 327. The van der Waals surface area contributed by atoms with Crippen LogP contribution in [0, 0.1) is 0 Å². The molecule has 0 aliphatic carbocycles. The van der Waals surface area contributed by atoms with Crippen LogP contribution in [0.2, 0.25) is 0 Å². The lowest BCUT2D eigenvalue weighted by Gasteiger charge is -2.22. The number of likely N-dealkylation sites (N-methyl/N-ethyl adjacent to an activating group) is 1. The van der Waals surface area contributed by atoms with Crippen molar-refractivity contribution in [3.63, 3.8) is 0 Å². The SMILES string of the molecule is COC(=O)C(C)N(C)CCc1ccncc1. The lowest BCUT2D eigenvalue weighted by molar-refractivity contribution is -0.145. The van der Waals surface area contributed by atoms with Crippen molar-refractivity contribution < 1.29 is 9.53 Å². The summed E-state index contributed by atoms with van der Waals surface area (Å²) >= 11 is 0. The van der Waals surface area contributed by atoms with Crippen molar-refractivity contribution in [3.05, 3.63) is 30.1 Å². The third-order valence-corrected chi connectivity index (χ3v) is 2.71. The van der Waals surface area contributed by atoms with Gasteiger partial charge in [-0.25, -0.2) is 0 Å². The predicted molar refractivity (Wildman–Crippen MR) is 62.0 cm³/mol. The van der Waals surface area contributed by atoms with Crippen LogP contribution in [-0.4, -0.2) is 42.6 Å². The van der Waals surface area contributed by atoms with Crippen LogP contribution in [-0.2, 0) is 16.0 Å². The van der Waals surface area contributed by atoms with E-state index in [4.69, 9.17) is 4.74 Å². The van der Waals surface area contributed by atoms with Crippen LogP contribution in [0.4, 0.5) is 0 Å². The Labute approximate surface area is 96.2 Å². The number of hydrogen-bond acceptors (Lipinski definition) is 4. The number of carbonyl (C=O) groups is 1. The Morgan fingerprint density at radius 2 is 2.12 bits per heavy atom. The maximum absolute atomic E-state index is 11.3. The molecule has 0 bridgehead atoms. The Morgan fingerprint density at radius 3 is 2.69 bits per heavy atom. The molecule has 4 heteroatoms. The molecular formula is C12H18N2O2.